The van der Waals surface area contributed by atoms with Gasteiger partial charge in [-0.1, -0.05) is 13.3 Å². The molecule has 1 N–H and O–H groups in total. The lowest BCUT2D eigenvalue weighted by Gasteiger charge is -2.08. The summed E-state index contributed by atoms with van der Waals surface area (Å²) in [4.78, 5) is 11.2. The number of aromatic hydroxyl groups is 1. The predicted octanol–water partition coefficient (Wildman–Crippen LogP) is 2.27. The molecule has 0 atom stereocenters. The largest absolute Gasteiger partial charge is 0.508 e. The van der Waals surface area contributed by atoms with Gasteiger partial charge in [0, 0.05) is 5.56 Å². The zero-order valence-electron chi connectivity index (χ0n) is 8.71. The summed E-state index contributed by atoms with van der Waals surface area (Å²) in [5.74, 6) is -1.55. The molecule has 0 fully saturated rings. The quantitative estimate of drug-likeness (QED) is 0.782. The molecule has 0 unspecified atom stereocenters. The van der Waals surface area contributed by atoms with Crippen LogP contribution < -0.4 is 0 Å². The van der Waals surface area contributed by atoms with Crippen molar-refractivity contribution < 1.29 is 19.0 Å². The number of carbonyl (C=O) groups excluding carboxylic acids is 1. The highest BCUT2D eigenvalue weighted by molar-refractivity contribution is 5.90. The number of methoxy groups -OCH3 is 1. The minimum absolute atomic E-state index is 0.123. The Balaban J connectivity index is 3.21. The number of halogens is 1. The van der Waals surface area contributed by atoms with Gasteiger partial charge in [0.2, 0.25) is 0 Å². The molecule has 1 aromatic rings. The molecule has 0 heterocycles. The molecule has 0 aromatic heterocycles. The monoisotopic (exact) mass is 212 g/mol. The predicted molar refractivity (Wildman–Crippen MR) is 53.4 cm³/mol. The molecule has 15 heavy (non-hydrogen) atoms. The molecule has 0 aliphatic rings. The number of esters is 1. The molecule has 0 saturated heterocycles. The highest BCUT2D eigenvalue weighted by Crippen LogP contribution is 2.25. The molecule has 82 valence electrons. The number of phenolic OH excluding ortho intramolecular Hbond substituents is 1. The standard InChI is InChI=1S/C11H13FO3/c1-3-4-7-9(13)6-5-8(10(7)12)11(14)15-2/h5-6,13H,3-4H2,1-2H3. The summed E-state index contributed by atoms with van der Waals surface area (Å²) in [5.41, 5.74) is 0.0270. The zero-order valence-corrected chi connectivity index (χ0v) is 8.71. The summed E-state index contributed by atoms with van der Waals surface area (Å²) in [5, 5.41) is 9.41. The molecule has 0 bridgehead atoms. The van der Waals surface area contributed by atoms with Crippen LogP contribution in [-0.4, -0.2) is 18.2 Å². The summed E-state index contributed by atoms with van der Waals surface area (Å²) >= 11 is 0. The highest BCUT2D eigenvalue weighted by Gasteiger charge is 2.17. The molecule has 0 aliphatic carbocycles. The van der Waals surface area contributed by atoms with Gasteiger partial charge >= 0.3 is 5.97 Å². The summed E-state index contributed by atoms with van der Waals surface area (Å²) < 4.78 is 18.1. The van der Waals surface area contributed by atoms with Crippen LogP contribution >= 0.6 is 0 Å². The number of hydrogen-bond donors (Lipinski definition) is 1. The molecule has 0 radical (unpaired) electrons. The Morgan fingerprint density at radius 3 is 2.73 bits per heavy atom. The molecule has 4 heteroatoms. The first-order chi connectivity index (χ1) is 7.11. The average Bonchev–Trinajstić information content (AvgIpc) is 2.23. The maximum atomic E-state index is 13.7. The second-order valence-electron chi connectivity index (χ2n) is 3.17. The Kier molecular flexibility index (Phi) is 3.66. The minimum Gasteiger partial charge on any atom is -0.508 e. The molecule has 3 nitrogen and oxygen atoms in total. The normalized spacial score (nSPS) is 10.1. The lowest BCUT2D eigenvalue weighted by atomic mass is 10.0. The summed E-state index contributed by atoms with van der Waals surface area (Å²) in [6.45, 7) is 1.86. The Hall–Kier alpha value is -1.58. The van der Waals surface area contributed by atoms with Crippen molar-refractivity contribution in [1.82, 2.24) is 0 Å². The molecule has 0 saturated carbocycles. The van der Waals surface area contributed by atoms with E-state index < -0.39 is 11.8 Å². The zero-order chi connectivity index (χ0) is 11.4. The number of benzene rings is 1. The fraction of sp³-hybridized carbons (Fsp3) is 0.364. The topological polar surface area (TPSA) is 46.5 Å². The van der Waals surface area contributed by atoms with Crippen LogP contribution in [0, 0.1) is 5.82 Å². The van der Waals surface area contributed by atoms with Crippen molar-refractivity contribution in [2.24, 2.45) is 0 Å². The Morgan fingerprint density at radius 2 is 2.20 bits per heavy atom. The van der Waals surface area contributed by atoms with Crippen LogP contribution in [0.15, 0.2) is 12.1 Å². The van der Waals surface area contributed by atoms with Gasteiger partial charge in [-0.05, 0) is 18.6 Å². The van der Waals surface area contributed by atoms with Gasteiger partial charge in [0.1, 0.15) is 11.6 Å². The summed E-state index contributed by atoms with van der Waals surface area (Å²) in [6, 6.07) is 2.52. The third-order valence-electron chi connectivity index (χ3n) is 2.12. The van der Waals surface area contributed by atoms with Crippen molar-refractivity contribution in [2.45, 2.75) is 19.8 Å². The van der Waals surface area contributed by atoms with Gasteiger partial charge in [0.05, 0.1) is 12.7 Å². The first-order valence-corrected chi connectivity index (χ1v) is 4.70. The van der Waals surface area contributed by atoms with Gasteiger partial charge < -0.3 is 9.84 Å². The van der Waals surface area contributed by atoms with Crippen LogP contribution in [0.5, 0.6) is 5.75 Å². The van der Waals surface area contributed by atoms with Crippen LogP contribution in [0.2, 0.25) is 0 Å². The van der Waals surface area contributed by atoms with Crippen LogP contribution in [0.25, 0.3) is 0 Å². The number of phenols is 1. The first kappa shape index (κ1) is 11.5. The van der Waals surface area contributed by atoms with Gasteiger partial charge in [-0.25, -0.2) is 9.18 Å². The summed E-state index contributed by atoms with van der Waals surface area (Å²) in [6.07, 6.45) is 1.08. The van der Waals surface area contributed by atoms with Crippen molar-refractivity contribution in [3.8, 4) is 5.75 Å². The van der Waals surface area contributed by atoms with Crippen molar-refractivity contribution in [1.29, 1.82) is 0 Å². The lowest BCUT2D eigenvalue weighted by molar-refractivity contribution is 0.0595. The number of rotatable bonds is 3. The van der Waals surface area contributed by atoms with E-state index in [9.17, 15) is 14.3 Å². The fourth-order valence-corrected chi connectivity index (χ4v) is 1.37. The van der Waals surface area contributed by atoms with Crippen LogP contribution in [0.1, 0.15) is 29.3 Å². The van der Waals surface area contributed by atoms with Crippen LogP contribution in [0.4, 0.5) is 4.39 Å². The van der Waals surface area contributed by atoms with E-state index in [0.29, 0.717) is 12.8 Å². The second-order valence-corrected chi connectivity index (χ2v) is 3.17. The van der Waals surface area contributed by atoms with Gasteiger partial charge in [-0.3, -0.25) is 0 Å². The lowest BCUT2D eigenvalue weighted by Crippen LogP contribution is -2.06. The second kappa shape index (κ2) is 4.77. The molecular formula is C11H13FO3. The van der Waals surface area contributed by atoms with Gasteiger partial charge in [0.15, 0.2) is 0 Å². The van der Waals surface area contributed by atoms with E-state index in [1.54, 1.807) is 0 Å². The van der Waals surface area contributed by atoms with E-state index >= 15 is 0 Å². The van der Waals surface area contributed by atoms with Gasteiger partial charge in [-0.2, -0.15) is 0 Å². The first-order valence-electron chi connectivity index (χ1n) is 4.70. The molecular weight excluding hydrogens is 199 g/mol. The van der Waals surface area contributed by atoms with E-state index in [4.69, 9.17) is 0 Å². The van der Waals surface area contributed by atoms with Crippen molar-refractivity contribution >= 4 is 5.97 Å². The van der Waals surface area contributed by atoms with Crippen molar-refractivity contribution in [2.75, 3.05) is 7.11 Å². The maximum absolute atomic E-state index is 13.7. The Bertz CT molecular complexity index is 374. The Labute approximate surface area is 87.5 Å². The number of hydrogen-bond acceptors (Lipinski definition) is 3. The third-order valence-corrected chi connectivity index (χ3v) is 2.12. The average molecular weight is 212 g/mol. The van der Waals surface area contributed by atoms with Gasteiger partial charge in [0.25, 0.3) is 0 Å². The molecule has 0 aliphatic heterocycles. The third kappa shape index (κ3) is 2.26. The van der Waals surface area contributed by atoms with Crippen LogP contribution in [0.3, 0.4) is 0 Å². The van der Waals surface area contributed by atoms with E-state index in [1.165, 1.54) is 19.2 Å². The SMILES string of the molecule is CCCc1c(O)ccc(C(=O)OC)c1F. The fourth-order valence-electron chi connectivity index (χ4n) is 1.37. The Morgan fingerprint density at radius 1 is 1.53 bits per heavy atom. The maximum Gasteiger partial charge on any atom is 0.340 e. The molecule has 1 aromatic carbocycles. The van der Waals surface area contributed by atoms with E-state index in [0.717, 1.165) is 0 Å². The molecule has 0 spiro atoms. The van der Waals surface area contributed by atoms with Gasteiger partial charge in [-0.15, -0.1) is 0 Å². The smallest absolute Gasteiger partial charge is 0.340 e. The number of ether oxygens (including phenoxy) is 1. The van der Waals surface area contributed by atoms with Crippen molar-refractivity contribution in [3.63, 3.8) is 0 Å². The van der Waals surface area contributed by atoms with E-state index in [1.807, 2.05) is 6.92 Å². The van der Waals surface area contributed by atoms with E-state index in [-0.39, 0.29) is 16.9 Å². The number of carbonyl (C=O) groups is 1. The molecule has 1 rings (SSSR count). The van der Waals surface area contributed by atoms with Crippen molar-refractivity contribution in [3.05, 3.63) is 29.1 Å². The molecule has 0 amide bonds. The van der Waals surface area contributed by atoms with E-state index in [2.05, 4.69) is 4.74 Å². The highest BCUT2D eigenvalue weighted by atomic mass is 19.1. The summed E-state index contributed by atoms with van der Waals surface area (Å²) in [7, 11) is 1.19. The minimum atomic E-state index is -0.732. The van der Waals surface area contributed by atoms with Crippen LogP contribution in [-0.2, 0) is 11.2 Å².